The Labute approximate surface area is 132 Å². The van der Waals surface area contributed by atoms with Crippen molar-refractivity contribution in [3.8, 4) is 5.75 Å². The molecule has 0 spiro atoms. The van der Waals surface area contributed by atoms with Crippen molar-refractivity contribution in [2.24, 2.45) is 0 Å². The van der Waals surface area contributed by atoms with Crippen molar-refractivity contribution in [1.82, 2.24) is 0 Å². The molecule has 0 saturated heterocycles. The number of aryl methyl sites for hydroxylation is 4. The van der Waals surface area contributed by atoms with Gasteiger partial charge < -0.3 is 10.1 Å². The fourth-order valence-corrected chi connectivity index (χ4v) is 2.36. The van der Waals surface area contributed by atoms with Gasteiger partial charge in [0.15, 0.2) is 6.10 Å². The lowest BCUT2D eigenvalue weighted by atomic mass is 10.1. The minimum atomic E-state index is -0.555. The van der Waals surface area contributed by atoms with E-state index >= 15 is 0 Å². The summed E-state index contributed by atoms with van der Waals surface area (Å²) >= 11 is 0. The Morgan fingerprint density at radius 1 is 0.955 bits per heavy atom. The first-order valence-electron chi connectivity index (χ1n) is 7.48. The highest BCUT2D eigenvalue weighted by Crippen LogP contribution is 2.19. The lowest BCUT2D eigenvalue weighted by molar-refractivity contribution is -0.122. The molecule has 22 heavy (non-hydrogen) atoms. The zero-order valence-corrected chi connectivity index (χ0v) is 13.9. The zero-order valence-electron chi connectivity index (χ0n) is 13.9. The zero-order chi connectivity index (χ0) is 16.3. The highest BCUT2D eigenvalue weighted by atomic mass is 16.5. The summed E-state index contributed by atoms with van der Waals surface area (Å²) in [5.41, 5.74) is 5.23. The average molecular weight is 297 g/mol. The first kappa shape index (κ1) is 16.1. The predicted octanol–water partition coefficient (Wildman–Crippen LogP) is 4.33. The number of hydrogen-bond acceptors (Lipinski definition) is 2. The number of benzene rings is 2. The van der Waals surface area contributed by atoms with E-state index in [-0.39, 0.29) is 5.91 Å². The summed E-state index contributed by atoms with van der Waals surface area (Å²) in [5, 5.41) is 2.94. The van der Waals surface area contributed by atoms with E-state index in [1.54, 1.807) is 6.92 Å². The second kappa shape index (κ2) is 6.65. The van der Waals surface area contributed by atoms with Crippen LogP contribution in [-0.4, -0.2) is 12.0 Å². The molecular weight excluding hydrogens is 274 g/mol. The molecule has 2 aromatic carbocycles. The van der Waals surface area contributed by atoms with Crippen molar-refractivity contribution < 1.29 is 9.53 Å². The number of anilines is 1. The molecule has 0 radical (unpaired) electrons. The maximum atomic E-state index is 12.3. The van der Waals surface area contributed by atoms with Gasteiger partial charge in [0.2, 0.25) is 0 Å². The molecule has 2 rings (SSSR count). The van der Waals surface area contributed by atoms with Crippen LogP contribution in [0, 0.1) is 27.7 Å². The van der Waals surface area contributed by atoms with Crippen molar-refractivity contribution in [1.29, 1.82) is 0 Å². The highest BCUT2D eigenvalue weighted by molar-refractivity contribution is 5.94. The third kappa shape index (κ3) is 4.10. The molecule has 1 N–H and O–H groups in total. The van der Waals surface area contributed by atoms with E-state index in [0.29, 0.717) is 0 Å². The van der Waals surface area contributed by atoms with E-state index in [1.807, 2.05) is 58.0 Å². The van der Waals surface area contributed by atoms with Crippen LogP contribution in [0.5, 0.6) is 5.75 Å². The fraction of sp³-hybridized carbons (Fsp3) is 0.316. The van der Waals surface area contributed by atoms with Crippen molar-refractivity contribution in [2.75, 3.05) is 5.32 Å². The Kier molecular flexibility index (Phi) is 4.86. The van der Waals surface area contributed by atoms with Gasteiger partial charge in [-0.05, 0) is 75.1 Å². The molecule has 3 nitrogen and oxygen atoms in total. The SMILES string of the molecule is Cc1cc(C)cc(OC(C)C(=O)Nc2cc(C)ccc2C)c1. The van der Waals surface area contributed by atoms with E-state index in [1.165, 1.54) is 0 Å². The summed E-state index contributed by atoms with van der Waals surface area (Å²) < 4.78 is 5.77. The topological polar surface area (TPSA) is 38.3 Å². The Hall–Kier alpha value is -2.29. The van der Waals surface area contributed by atoms with Gasteiger partial charge in [-0.25, -0.2) is 0 Å². The smallest absolute Gasteiger partial charge is 0.265 e. The first-order chi connectivity index (χ1) is 10.3. The lowest BCUT2D eigenvalue weighted by Gasteiger charge is -2.17. The van der Waals surface area contributed by atoms with E-state index < -0.39 is 6.10 Å². The lowest BCUT2D eigenvalue weighted by Crippen LogP contribution is -2.30. The van der Waals surface area contributed by atoms with Gasteiger partial charge in [0.1, 0.15) is 5.75 Å². The molecule has 0 aliphatic heterocycles. The number of carbonyl (C=O) groups is 1. The first-order valence-corrected chi connectivity index (χ1v) is 7.48. The largest absolute Gasteiger partial charge is 0.481 e. The molecule has 116 valence electrons. The van der Waals surface area contributed by atoms with Crippen molar-refractivity contribution in [3.63, 3.8) is 0 Å². The van der Waals surface area contributed by atoms with Crippen LogP contribution < -0.4 is 10.1 Å². The molecule has 0 aliphatic carbocycles. The van der Waals surface area contributed by atoms with Gasteiger partial charge in [-0.2, -0.15) is 0 Å². The molecule has 0 aliphatic rings. The van der Waals surface area contributed by atoms with Gasteiger partial charge in [0.05, 0.1) is 0 Å². The number of hydrogen-bond donors (Lipinski definition) is 1. The van der Waals surface area contributed by atoms with Crippen molar-refractivity contribution in [3.05, 3.63) is 58.7 Å². The van der Waals surface area contributed by atoms with E-state index in [2.05, 4.69) is 11.4 Å². The minimum absolute atomic E-state index is 0.146. The summed E-state index contributed by atoms with van der Waals surface area (Å²) in [4.78, 5) is 12.3. The Bertz CT molecular complexity index is 672. The predicted molar refractivity (Wildman–Crippen MR) is 90.6 cm³/mol. The number of nitrogens with one attached hydrogen (secondary N) is 1. The van der Waals surface area contributed by atoms with Gasteiger partial charge in [-0.15, -0.1) is 0 Å². The maximum Gasteiger partial charge on any atom is 0.265 e. The number of amides is 1. The summed E-state index contributed by atoms with van der Waals surface area (Å²) in [5.74, 6) is 0.578. The standard InChI is InChI=1S/C19H23NO2/c1-12-6-7-15(4)18(11-12)20-19(21)16(5)22-17-9-13(2)8-14(3)10-17/h6-11,16H,1-5H3,(H,20,21). The van der Waals surface area contributed by atoms with Crippen LogP contribution in [0.25, 0.3) is 0 Å². The van der Waals surface area contributed by atoms with Crippen LogP contribution >= 0.6 is 0 Å². The number of ether oxygens (including phenoxy) is 1. The molecule has 0 aromatic heterocycles. The van der Waals surface area contributed by atoms with Crippen molar-refractivity contribution >= 4 is 11.6 Å². The molecule has 0 bridgehead atoms. The second-order valence-electron chi connectivity index (χ2n) is 5.89. The summed E-state index contributed by atoms with van der Waals surface area (Å²) in [6.07, 6.45) is -0.555. The van der Waals surface area contributed by atoms with Crippen LogP contribution in [-0.2, 0) is 4.79 Å². The Balaban J connectivity index is 2.07. The quantitative estimate of drug-likeness (QED) is 0.912. The molecule has 0 fully saturated rings. The normalized spacial score (nSPS) is 11.9. The van der Waals surface area contributed by atoms with Crippen LogP contribution in [0.3, 0.4) is 0 Å². The Morgan fingerprint density at radius 3 is 2.23 bits per heavy atom. The summed E-state index contributed by atoms with van der Waals surface area (Å²) in [6, 6.07) is 12.0. The molecule has 3 heteroatoms. The van der Waals surface area contributed by atoms with Crippen LogP contribution in [0.2, 0.25) is 0 Å². The van der Waals surface area contributed by atoms with Gasteiger partial charge in [-0.3, -0.25) is 4.79 Å². The number of carbonyl (C=O) groups excluding carboxylic acids is 1. The summed E-state index contributed by atoms with van der Waals surface area (Å²) in [7, 11) is 0. The average Bonchev–Trinajstić information content (AvgIpc) is 2.41. The molecular formula is C19H23NO2. The minimum Gasteiger partial charge on any atom is -0.481 e. The van der Waals surface area contributed by atoms with Gasteiger partial charge >= 0.3 is 0 Å². The molecule has 1 atom stereocenters. The maximum absolute atomic E-state index is 12.3. The summed E-state index contributed by atoms with van der Waals surface area (Å²) in [6.45, 7) is 9.77. The number of rotatable bonds is 4. The van der Waals surface area contributed by atoms with Gasteiger partial charge in [-0.1, -0.05) is 18.2 Å². The van der Waals surface area contributed by atoms with Gasteiger partial charge in [0.25, 0.3) is 5.91 Å². The van der Waals surface area contributed by atoms with Crippen LogP contribution in [0.1, 0.15) is 29.2 Å². The third-order valence-corrected chi connectivity index (χ3v) is 3.53. The van der Waals surface area contributed by atoms with Crippen LogP contribution in [0.4, 0.5) is 5.69 Å². The highest BCUT2D eigenvalue weighted by Gasteiger charge is 2.16. The van der Waals surface area contributed by atoms with E-state index in [9.17, 15) is 4.79 Å². The molecule has 0 saturated carbocycles. The molecule has 2 aromatic rings. The van der Waals surface area contributed by atoms with Crippen molar-refractivity contribution in [2.45, 2.75) is 40.7 Å². The molecule has 0 heterocycles. The molecule has 1 unspecified atom stereocenters. The third-order valence-electron chi connectivity index (χ3n) is 3.53. The Morgan fingerprint density at radius 2 is 1.59 bits per heavy atom. The van der Waals surface area contributed by atoms with E-state index in [4.69, 9.17) is 4.74 Å². The van der Waals surface area contributed by atoms with Gasteiger partial charge in [0, 0.05) is 5.69 Å². The van der Waals surface area contributed by atoms with E-state index in [0.717, 1.165) is 33.7 Å². The van der Waals surface area contributed by atoms with Crippen LogP contribution in [0.15, 0.2) is 36.4 Å². The second-order valence-corrected chi connectivity index (χ2v) is 5.89. The fourth-order valence-electron chi connectivity index (χ4n) is 2.36. The molecule has 1 amide bonds. The monoisotopic (exact) mass is 297 g/mol.